The van der Waals surface area contributed by atoms with Gasteiger partial charge < -0.3 is 4.74 Å². The Morgan fingerprint density at radius 3 is 2.71 bits per heavy atom. The monoisotopic (exact) mass is 379 g/mol. The SMILES string of the molecule is CCOC(=O)/C=C(\C)N1N=C(c2ccccc2)C[C@H]1c1cccc([N+](=O)[O-])c1. The number of allylic oxidation sites excluding steroid dienone is 1. The van der Waals surface area contributed by atoms with E-state index in [1.54, 1.807) is 31.0 Å². The van der Waals surface area contributed by atoms with Crippen molar-refractivity contribution in [1.82, 2.24) is 5.01 Å². The van der Waals surface area contributed by atoms with E-state index in [1.165, 1.54) is 12.1 Å². The number of esters is 1. The van der Waals surface area contributed by atoms with Crippen molar-refractivity contribution in [3.05, 3.63) is 87.6 Å². The Bertz CT molecular complexity index is 938. The third-order valence-corrected chi connectivity index (χ3v) is 4.46. The standard InChI is InChI=1S/C21H21N3O4/c1-3-28-21(25)12-15(2)23-20(17-10-7-11-18(13-17)24(26)27)14-19(22-23)16-8-5-4-6-9-16/h4-13,20H,3,14H2,1-2H3/b15-12+/t20-/m0/s1. The van der Waals surface area contributed by atoms with Crippen molar-refractivity contribution in [3.63, 3.8) is 0 Å². The van der Waals surface area contributed by atoms with Crippen LogP contribution in [0.5, 0.6) is 0 Å². The van der Waals surface area contributed by atoms with E-state index in [1.807, 2.05) is 36.4 Å². The summed E-state index contributed by atoms with van der Waals surface area (Å²) in [4.78, 5) is 22.6. The zero-order valence-corrected chi connectivity index (χ0v) is 15.7. The van der Waals surface area contributed by atoms with Gasteiger partial charge in [-0.1, -0.05) is 42.5 Å². The molecule has 7 nitrogen and oxygen atoms in total. The molecule has 1 heterocycles. The van der Waals surface area contributed by atoms with Gasteiger partial charge in [-0.2, -0.15) is 5.10 Å². The zero-order chi connectivity index (χ0) is 20.1. The number of carbonyl (C=O) groups is 1. The van der Waals surface area contributed by atoms with Crippen LogP contribution in [0.25, 0.3) is 0 Å². The van der Waals surface area contributed by atoms with Crippen LogP contribution in [0.4, 0.5) is 5.69 Å². The molecule has 0 fully saturated rings. The smallest absolute Gasteiger partial charge is 0.332 e. The summed E-state index contributed by atoms with van der Waals surface area (Å²) in [7, 11) is 0. The van der Waals surface area contributed by atoms with Gasteiger partial charge in [0.15, 0.2) is 0 Å². The van der Waals surface area contributed by atoms with Gasteiger partial charge in [0, 0.05) is 30.3 Å². The predicted molar refractivity (Wildman–Crippen MR) is 106 cm³/mol. The van der Waals surface area contributed by atoms with Crippen LogP contribution in [-0.2, 0) is 9.53 Å². The van der Waals surface area contributed by atoms with Crippen molar-refractivity contribution in [2.45, 2.75) is 26.3 Å². The van der Waals surface area contributed by atoms with Gasteiger partial charge in [0.1, 0.15) is 0 Å². The van der Waals surface area contributed by atoms with Crippen LogP contribution in [0.15, 0.2) is 71.5 Å². The summed E-state index contributed by atoms with van der Waals surface area (Å²) in [6.45, 7) is 3.81. The number of carbonyl (C=O) groups excluding carboxylic acids is 1. The van der Waals surface area contributed by atoms with Crippen molar-refractivity contribution < 1.29 is 14.5 Å². The third-order valence-electron chi connectivity index (χ3n) is 4.46. The number of nitro benzene ring substituents is 1. The van der Waals surface area contributed by atoms with Crippen LogP contribution >= 0.6 is 0 Å². The molecule has 0 saturated heterocycles. The highest BCUT2D eigenvalue weighted by Crippen LogP contribution is 2.36. The van der Waals surface area contributed by atoms with Gasteiger partial charge in [0.05, 0.1) is 23.3 Å². The first-order valence-corrected chi connectivity index (χ1v) is 9.01. The van der Waals surface area contributed by atoms with E-state index in [2.05, 4.69) is 0 Å². The first-order chi connectivity index (χ1) is 13.5. The van der Waals surface area contributed by atoms with Crippen molar-refractivity contribution in [3.8, 4) is 0 Å². The molecule has 3 rings (SSSR count). The minimum absolute atomic E-state index is 0.0256. The maximum atomic E-state index is 11.9. The van der Waals surface area contributed by atoms with Crippen LogP contribution in [-0.4, -0.2) is 28.2 Å². The molecule has 1 atom stereocenters. The molecule has 0 bridgehead atoms. The Hall–Kier alpha value is -3.48. The Morgan fingerprint density at radius 2 is 2.04 bits per heavy atom. The molecule has 2 aromatic rings. The molecule has 0 radical (unpaired) electrons. The average molecular weight is 379 g/mol. The number of rotatable bonds is 6. The molecule has 0 aliphatic carbocycles. The zero-order valence-electron chi connectivity index (χ0n) is 15.7. The topological polar surface area (TPSA) is 85.0 Å². The van der Waals surface area contributed by atoms with Crippen LogP contribution in [0, 0.1) is 10.1 Å². The van der Waals surface area contributed by atoms with Gasteiger partial charge in [0.25, 0.3) is 5.69 Å². The van der Waals surface area contributed by atoms with Crippen LogP contribution in [0.1, 0.15) is 37.4 Å². The minimum atomic E-state index is -0.443. The first kappa shape index (κ1) is 19.3. The van der Waals surface area contributed by atoms with E-state index in [0.29, 0.717) is 12.1 Å². The number of non-ortho nitro benzene ring substituents is 1. The van der Waals surface area contributed by atoms with E-state index >= 15 is 0 Å². The van der Waals surface area contributed by atoms with Crippen molar-refractivity contribution in [2.24, 2.45) is 5.10 Å². The van der Waals surface area contributed by atoms with Crippen molar-refractivity contribution in [1.29, 1.82) is 0 Å². The van der Waals surface area contributed by atoms with E-state index in [-0.39, 0.29) is 18.3 Å². The largest absolute Gasteiger partial charge is 0.463 e. The number of hydrogen-bond acceptors (Lipinski definition) is 6. The Labute approximate surface area is 163 Å². The molecule has 0 N–H and O–H groups in total. The van der Waals surface area contributed by atoms with Gasteiger partial charge in [0.2, 0.25) is 0 Å². The quantitative estimate of drug-likeness (QED) is 0.325. The lowest BCUT2D eigenvalue weighted by Crippen LogP contribution is -2.19. The highest BCUT2D eigenvalue weighted by atomic mass is 16.6. The predicted octanol–water partition coefficient (Wildman–Crippen LogP) is 4.21. The molecular formula is C21H21N3O4. The lowest BCUT2D eigenvalue weighted by Gasteiger charge is -2.24. The molecule has 144 valence electrons. The number of nitro groups is 1. The molecular weight excluding hydrogens is 358 g/mol. The van der Waals surface area contributed by atoms with Gasteiger partial charge in [-0.3, -0.25) is 15.1 Å². The molecule has 0 aromatic heterocycles. The molecule has 2 aromatic carbocycles. The minimum Gasteiger partial charge on any atom is -0.463 e. The summed E-state index contributed by atoms with van der Waals surface area (Å²) in [5, 5.41) is 17.6. The lowest BCUT2D eigenvalue weighted by molar-refractivity contribution is -0.384. The van der Waals surface area contributed by atoms with Crippen molar-refractivity contribution >= 4 is 17.4 Å². The van der Waals surface area contributed by atoms with E-state index < -0.39 is 10.9 Å². The average Bonchev–Trinajstić information content (AvgIpc) is 3.14. The summed E-state index contributed by atoms with van der Waals surface area (Å²) >= 11 is 0. The van der Waals surface area contributed by atoms with Crippen LogP contribution in [0.2, 0.25) is 0 Å². The number of hydrazone groups is 1. The highest BCUT2D eigenvalue weighted by molar-refractivity contribution is 6.02. The number of ether oxygens (including phenoxy) is 1. The summed E-state index contributed by atoms with van der Waals surface area (Å²) in [6, 6.07) is 16.0. The van der Waals surface area contributed by atoms with Crippen LogP contribution in [0.3, 0.4) is 0 Å². The Morgan fingerprint density at radius 1 is 1.29 bits per heavy atom. The first-order valence-electron chi connectivity index (χ1n) is 9.01. The summed E-state index contributed by atoms with van der Waals surface area (Å²) < 4.78 is 5.00. The second-order valence-corrected chi connectivity index (χ2v) is 6.37. The molecule has 0 spiro atoms. The number of hydrogen-bond donors (Lipinski definition) is 0. The fraction of sp³-hybridized carbons (Fsp3) is 0.238. The lowest BCUT2D eigenvalue weighted by atomic mass is 9.98. The molecule has 0 saturated carbocycles. The molecule has 7 heteroatoms. The summed E-state index contributed by atoms with van der Waals surface area (Å²) in [6.07, 6.45) is 1.96. The fourth-order valence-electron chi connectivity index (χ4n) is 3.17. The van der Waals surface area contributed by atoms with Gasteiger partial charge in [-0.05, 0) is 25.0 Å². The summed E-state index contributed by atoms with van der Waals surface area (Å²) in [5.74, 6) is -0.443. The van der Waals surface area contributed by atoms with Gasteiger partial charge in [-0.15, -0.1) is 0 Å². The molecule has 1 aliphatic heterocycles. The second kappa shape index (κ2) is 8.47. The van der Waals surface area contributed by atoms with E-state index in [9.17, 15) is 14.9 Å². The number of benzene rings is 2. The summed E-state index contributed by atoms with van der Waals surface area (Å²) in [5.41, 5.74) is 3.23. The molecule has 28 heavy (non-hydrogen) atoms. The normalized spacial score (nSPS) is 16.6. The maximum Gasteiger partial charge on any atom is 0.332 e. The Balaban J connectivity index is 1.99. The van der Waals surface area contributed by atoms with E-state index in [4.69, 9.17) is 9.84 Å². The third kappa shape index (κ3) is 4.25. The van der Waals surface area contributed by atoms with Gasteiger partial charge in [-0.25, -0.2) is 4.79 Å². The van der Waals surface area contributed by atoms with E-state index in [0.717, 1.165) is 16.8 Å². The fourth-order valence-corrected chi connectivity index (χ4v) is 3.17. The Kier molecular flexibility index (Phi) is 5.84. The molecule has 1 aliphatic rings. The van der Waals surface area contributed by atoms with Crippen LogP contribution < -0.4 is 0 Å². The van der Waals surface area contributed by atoms with Gasteiger partial charge >= 0.3 is 5.97 Å². The maximum absolute atomic E-state index is 11.9. The molecule has 0 amide bonds. The second-order valence-electron chi connectivity index (χ2n) is 6.37. The van der Waals surface area contributed by atoms with Crippen molar-refractivity contribution in [2.75, 3.05) is 6.61 Å². The highest BCUT2D eigenvalue weighted by Gasteiger charge is 2.31. The number of nitrogens with zero attached hydrogens (tertiary/aromatic N) is 3. The molecule has 0 unspecified atom stereocenters.